The third kappa shape index (κ3) is 1.73. The molecule has 0 spiro atoms. The van der Waals surface area contributed by atoms with Crippen LogP contribution in [-0.2, 0) is 20.0 Å². The molecule has 7 nitrogen and oxygen atoms in total. The van der Waals surface area contributed by atoms with E-state index < -0.39 is 0 Å². The summed E-state index contributed by atoms with van der Waals surface area (Å²) in [6.07, 6.45) is 1.69. The number of alkyl halides is 1. The van der Waals surface area contributed by atoms with Crippen LogP contribution in [0.2, 0.25) is 0 Å². The summed E-state index contributed by atoms with van der Waals surface area (Å²) in [4.78, 5) is 4.60. The van der Waals surface area contributed by atoms with Gasteiger partial charge in [-0.25, -0.2) is 4.98 Å². The van der Waals surface area contributed by atoms with Crippen LogP contribution >= 0.6 is 11.6 Å². The third-order valence-electron chi connectivity index (χ3n) is 3.54. The quantitative estimate of drug-likeness (QED) is 0.687. The van der Waals surface area contributed by atoms with Crippen molar-refractivity contribution in [3.8, 4) is 0 Å². The molecule has 3 rings (SSSR count). The first kappa shape index (κ1) is 13.1. The van der Waals surface area contributed by atoms with Crippen molar-refractivity contribution >= 4 is 22.8 Å². The van der Waals surface area contributed by atoms with Crippen molar-refractivity contribution in [1.29, 1.82) is 0 Å². The Hall–Kier alpha value is -1.89. The number of rotatable bonds is 3. The second-order valence-corrected chi connectivity index (χ2v) is 5.16. The maximum Gasteiger partial charge on any atom is 0.159 e. The summed E-state index contributed by atoms with van der Waals surface area (Å²) in [5.74, 6) is 2.01. The predicted octanol–water partition coefficient (Wildman–Crippen LogP) is 1.55. The average molecular weight is 294 g/mol. The number of imidazole rings is 1. The molecule has 0 saturated carbocycles. The molecule has 0 aliphatic rings. The molecule has 0 aromatic carbocycles. The minimum absolute atomic E-state index is 0.0175. The lowest BCUT2D eigenvalue weighted by Gasteiger charge is -2.16. The lowest BCUT2D eigenvalue weighted by molar-refractivity contribution is 0.557. The van der Waals surface area contributed by atoms with Crippen LogP contribution in [0.3, 0.4) is 0 Å². The molecule has 0 radical (unpaired) electrons. The summed E-state index contributed by atoms with van der Waals surface area (Å²) in [5, 5.41) is 12.5. The molecule has 0 amide bonds. The van der Waals surface area contributed by atoms with Gasteiger partial charge in [-0.2, -0.15) is 5.10 Å². The molecule has 1 atom stereocenters. The van der Waals surface area contributed by atoms with Gasteiger partial charge < -0.3 is 9.13 Å². The minimum Gasteiger partial charge on any atom is -0.319 e. The monoisotopic (exact) mass is 293 g/mol. The standard InChI is InChI=1S/C12H16ClN7/c1-7-10-12(19(4)17-7)20(9(5-13)15-10)8(2)11-16-14-6-18(11)3/h6,8H,5H2,1-4H3. The van der Waals surface area contributed by atoms with Gasteiger partial charge in [0, 0.05) is 14.1 Å². The van der Waals surface area contributed by atoms with Gasteiger partial charge in [0.1, 0.15) is 17.7 Å². The Balaban J connectivity index is 2.26. The van der Waals surface area contributed by atoms with Crippen LogP contribution in [-0.4, -0.2) is 34.1 Å². The van der Waals surface area contributed by atoms with E-state index in [9.17, 15) is 0 Å². The fourth-order valence-electron chi connectivity index (χ4n) is 2.63. The molecule has 0 fully saturated rings. The zero-order chi connectivity index (χ0) is 14.4. The average Bonchev–Trinajstić information content (AvgIpc) is 3.06. The van der Waals surface area contributed by atoms with E-state index >= 15 is 0 Å². The smallest absolute Gasteiger partial charge is 0.159 e. The van der Waals surface area contributed by atoms with E-state index in [1.807, 2.05) is 30.3 Å². The highest BCUT2D eigenvalue weighted by molar-refractivity contribution is 6.16. The first-order valence-corrected chi connectivity index (χ1v) is 6.88. The van der Waals surface area contributed by atoms with E-state index in [1.54, 1.807) is 6.33 Å². The van der Waals surface area contributed by atoms with Crippen LogP contribution < -0.4 is 0 Å². The second kappa shape index (κ2) is 4.59. The molecule has 0 aliphatic heterocycles. The van der Waals surface area contributed by atoms with Crippen LogP contribution in [0, 0.1) is 6.92 Å². The lowest BCUT2D eigenvalue weighted by Crippen LogP contribution is -2.16. The van der Waals surface area contributed by atoms with Gasteiger partial charge >= 0.3 is 0 Å². The third-order valence-corrected chi connectivity index (χ3v) is 3.77. The van der Waals surface area contributed by atoms with Crippen molar-refractivity contribution < 1.29 is 0 Å². The molecule has 0 saturated heterocycles. The van der Waals surface area contributed by atoms with Crippen LogP contribution in [0.25, 0.3) is 11.2 Å². The fraction of sp³-hybridized carbons (Fsp3) is 0.500. The molecule has 20 heavy (non-hydrogen) atoms. The number of hydrogen-bond acceptors (Lipinski definition) is 4. The lowest BCUT2D eigenvalue weighted by atomic mass is 10.3. The predicted molar refractivity (Wildman–Crippen MR) is 75.6 cm³/mol. The summed E-state index contributed by atoms with van der Waals surface area (Å²) in [6.45, 7) is 4.01. The number of hydrogen-bond donors (Lipinski definition) is 0. The summed E-state index contributed by atoms with van der Waals surface area (Å²) in [5.41, 5.74) is 2.74. The fourth-order valence-corrected chi connectivity index (χ4v) is 2.82. The van der Waals surface area contributed by atoms with Gasteiger partial charge in [-0.3, -0.25) is 4.68 Å². The highest BCUT2D eigenvalue weighted by Gasteiger charge is 2.23. The Labute approximate surface area is 121 Å². The van der Waals surface area contributed by atoms with Gasteiger partial charge in [0.05, 0.1) is 17.6 Å². The van der Waals surface area contributed by atoms with Gasteiger partial charge in [-0.05, 0) is 13.8 Å². The highest BCUT2D eigenvalue weighted by atomic mass is 35.5. The van der Waals surface area contributed by atoms with Gasteiger partial charge in [0.15, 0.2) is 11.5 Å². The Morgan fingerprint density at radius 3 is 2.70 bits per heavy atom. The van der Waals surface area contributed by atoms with Gasteiger partial charge in [-0.15, -0.1) is 21.8 Å². The zero-order valence-electron chi connectivity index (χ0n) is 11.9. The van der Waals surface area contributed by atoms with E-state index in [0.717, 1.165) is 28.5 Å². The molecule has 3 heterocycles. The van der Waals surface area contributed by atoms with Crippen LogP contribution in [0.4, 0.5) is 0 Å². The Bertz CT molecular complexity index is 766. The van der Waals surface area contributed by atoms with Gasteiger partial charge in [0.2, 0.25) is 0 Å². The van der Waals surface area contributed by atoms with Crippen molar-refractivity contribution in [2.45, 2.75) is 25.8 Å². The first-order chi connectivity index (χ1) is 9.54. The highest BCUT2D eigenvalue weighted by Crippen LogP contribution is 2.26. The Morgan fingerprint density at radius 2 is 2.10 bits per heavy atom. The Morgan fingerprint density at radius 1 is 1.35 bits per heavy atom. The van der Waals surface area contributed by atoms with Crippen LogP contribution in [0.5, 0.6) is 0 Å². The van der Waals surface area contributed by atoms with E-state index in [-0.39, 0.29) is 6.04 Å². The molecule has 0 aliphatic carbocycles. The number of aryl methyl sites for hydroxylation is 3. The van der Waals surface area contributed by atoms with Crippen molar-refractivity contribution in [3.63, 3.8) is 0 Å². The topological polar surface area (TPSA) is 66.3 Å². The van der Waals surface area contributed by atoms with Crippen molar-refractivity contribution in [1.82, 2.24) is 34.1 Å². The molecule has 3 aromatic rings. The SMILES string of the molecule is Cc1nn(C)c2c1nc(CCl)n2C(C)c1nncn1C. The maximum atomic E-state index is 6.05. The normalized spacial score (nSPS) is 13.2. The van der Waals surface area contributed by atoms with E-state index in [0.29, 0.717) is 5.88 Å². The van der Waals surface area contributed by atoms with Crippen LogP contribution in [0.15, 0.2) is 6.33 Å². The molecular weight excluding hydrogens is 278 g/mol. The van der Waals surface area contributed by atoms with E-state index in [2.05, 4.69) is 31.8 Å². The molecular formula is C12H16ClN7. The minimum atomic E-state index is -0.0175. The van der Waals surface area contributed by atoms with Gasteiger partial charge in [0.25, 0.3) is 0 Å². The van der Waals surface area contributed by atoms with Crippen molar-refractivity contribution in [2.75, 3.05) is 0 Å². The molecule has 8 heteroatoms. The molecule has 0 bridgehead atoms. The Kier molecular flexibility index (Phi) is 3.01. The van der Waals surface area contributed by atoms with Crippen molar-refractivity contribution in [2.24, 2.45) is 14.1 Å². The maximum absolute atomic E-state index is 6.05. The van der Waals surface area contributed by atoms with Gasteiger partial charge in [-0.1, -0.05) is 0 Å². The molecule has 0 N–H and O–H groups in total. The summed E-state index contributed by atoms with van der Waals surface area (Å²) in [6, 6.07) is -0.0175. The molecule has 1 unspecified atom stereocenters. The molecule has 3 aromatic heterocycles. The van der Waals surface area contributed by atoms with E-state index in [1.165, 1.54) is 0 Å². The zero-order valence-corrected chi connectivity index (χ0v) is 12.6. The van der Waals surface area contributed by atoms with E-state index in [4.69, 9.17) is 11.6 Å². The second-order valence-electron chi connectivity index (χ2n) is 4.89. The number of halogens is 1. The summed E-state index contributed by atoms with van der Waals surface area (Å²) >= 11 is 6.05. The first-order valence-electron chi connectivity index (χ1n) is 6.34. The van der Waals surface area contributed by atoms with Crippen molar-refractivity contribution in [3.05, 3.63) is 23.7 Å². The summed E-state index contributed by atoms with van der Waals surface area (Å²) in [7, 11) is 3.84. The number of aromatic nitrogens is 7. The molecule has 106 valence electrons. The largest absolute Gasteiger partial charge is 0.319 e. The van der Waals surface area contributed by atoms with Crippen LogP contribution in [0.1, 0.15) is 30.3 Å². The number of fused-ring (bicyclic) bond motifs is 1. The summed E-state index contributed by atoms with van der Waals surface area (Å²) < 4.78 is 5.81. The number of nitrogens with zero attached hydrogens (tertiary/aromatic N) is 7.